The van der Waals surface area contributed by atoms with E-state index in [0.29, 0.717) is 0 Å². The van der Waals surface area contributed by atoms with Crippen molar-refractivity contribution in [3.05, 3.63) is 0 Å². The smallest absolute Gasteiger partial charge is 0.0241 e. The van der Waals surface area contributed by atoms with Gasteiger partial charge in [0, 0.05) is 0 Å². The van der Waals surface area contributed by atoms with Crippen molar-refractivity contribution >= 4 is 0 Å². The fourth-order valence-electron chi connectivity index (χ4n) is 5.93. The molecule has 2 unspecified atom stereocenters. The lowest BCUT2D eigenvalue weighted by Crippen LogP contribution is -2.37. The van der Waals surface area contributed by atoms with Gasteiger partial charge >= 0.3 is 0 Å². The summed E-state index contributed by atoms with van der Waals surface area (Å²) in [5.74, 6) is 2.11. The summed E-state index contributed by atoms with van der Waals surface area (Å²) in [7, 11) is 0. The third kappa shape index (κ3) is 4.75. The lowest BCUT2D eigenvalue weighted by molar-refractivity contribution is 0.0323. The average Bonchev–Trinajstić information content (AvgIpc) is 2.93. The second kappa shape index (κ2) is 9.99. The highest BCUT2D eigenvalue weighted by atomic mass is 14.5. The summed E-state index contributed by atoms with van der Waals surface area (Å²) in [4.78, 5) is 0. The van der Waals surface area contributed by atoms with Crippen LogP contribution in [0.3, 0.4) is 0 Å². The molecule has 0 heterocycles. The van der Waals surface area contributed by atoms with Crippen molar-refractivity contribution in [1.82, 2.24) is 0 Å². The van der Waals surface area contributed by atoms with E-state index in [0.717, 1.165) is 17.3 Å². The fourth-order valence-corrected chi connectivity index (χ4v) is 5.93. The zero-order chi connectivity index (χ0) is 15.7. The maximum Gasteiger partial charge on any atom is -0.0241 e. The molecule has 0 aromatic carbocycles. The van der Waals surface area contributed by atoms with E-state index in [1.165, 1.54) is 77.0 Å². The summed E-state index contributed by atoms with van der Waals surface area (Å²) in [6.07, 6.45) is 25.7. The Morgan fingerprint density at radius 1 is 0.727 bits per heavy atom. The van der Waals surface area contributed by atoms with E-state index in [4.69, 9.17) is 0 Å². The number of hydrogen-bond acceptors (Lipinski definition) is 0. The maximum atomic E-state index is 2.49. The maximum absolute atomic E-state index is 2.49. The minimum atomic E-state index is 0.739. The van der Waals surface area contributed by atoms with Crippen LogP contribution < -0.4 is 0 Å². The lowest BCUT2D eigenvalue weighted by atomic mass is 9.58. The molecule has 0 bridgehead atoms. The van der Waals surface area contributed by atoms with Gasteiger partial charge in [0.05, 0.1) is 0 Å². The van der Waals surface area contributed by atoms with Gasteiger partial charge in [-0.2, -0.15) is 0 Å². The number of unbranched alkanes of at least 4 members (excludes halogenated alkanes) is 3. The molecule has 22 heavy (non-hydrogen) atoms. The van der Waals surface area contributed by atoms with Gasteiger partial charge < -0.3 is 0 Å². The Balaban J connectivity index is 2.12. The van der Waals surface area contributed by atoms with Crippen LogP contribution >= 0.6 is 0 Å². The summed E-state index contributed by atoms with van der Waals surface area (Å²) in [5, 5.41) is 0. The monoisotopic (exact) mass is 306 g/mol. The Kier molecular flexibility index (Phi) is 8.33. The molecule has 2 saturated carbocycles. The van der Waals surface area contributed by atoms with Crippen LogP contribution in [-0.2, 0) is 0 Å². The molecule has 2 atom stereocenters. The van der Waals surface area contributed by atoms with Gasteiger partial charge in [-0.3, -0.25) is 0 Å². The topological polar surface area (TPSA) is 0 Å². The molecule has 0 saturated heterocycles. The predicted molar refractivity (Wildman–Crippen MR) is 99.3 cm³/mol. The van der Waals surface area contributed by atoms with E-state index in [-0.39, 0.29) is 0 Å². The van der Waals surface area contributed by atoms with Crippen LogP contribution in [0.2, 0.25) is 0 Å². The van der Waals surface area contributed by atoms with Crippen molar-refractivity contribution in [3.63, 3.8) is 0 Å². The summed E-state index contributed by atoms with van der Waals surface area (Å²) in [6, 6.07) is 0. The SMILES string of the molecule is CCCCCCC1(C2CCCCCC2)CCCCCC1CC. The van der Waals surface area contributed by atoms with Crippen LogP contribution in [0.25, 0.3) is 0 Å². The van der Waals surface area contributed by atoms with E-state index in [2.05, 4.69) is 13.8 Å². The molecule has 2 aliphatic rings. The molecular formula is C22H42. The van der Waals surface area contributed by atoms with Gasteiger partial charge in [0.2, 0.25) is 0 Å². The molecule has 0 radical (unpaired) electrons. The van der Waals surface area contributed by atoms with Crippen molar-refractivity contribution < 1.29 is 0 Å². The molecule has 0 spiro atoms. The first-order chi connectivity index (χ1) is 10.8. The van der Waals surface area contributed by atoms with Crippen LogP contribution in [0.15, 0.2) is 0 Å². The Hall–Kier alpha value is 0. The van der Waals surface area contributed by atoms with Gasteiger partial charge in [-0.05, 0) is 49.4 Å². The van der Waals surface area contributed by atoms with E-state index >= 15 is 0 Å². The Morgan fingerprint density at radius 2 is 1.41 bits per heavy atom. The molecule has 0 amide bonds. The molecule has 0 aliphatic heterocycles. The average molecular weight is 307 g/mol. The second-order valence-electron chi connectivity index (χ2n) is 8.44. The van der Waals surface area contributed by atoms with Gasteiger partial charge in [0.25, 0.3) is 0 Å². The third-order valence-electron chi connectivity index (χ3n) is 7.16. The summed E-state index contributed by atoms with van der Waals surface area (Å²) >= 11 is 0. The van der Waals surface area contributed by atoms with Crippen molar-refractivity contribution in [1.29, 1.82) is 0 Å². The minimum absolute atomic E-state index is 0.739. The normalized spacial score (nSPS) is 31.6. The van der Waals surface area contributed by atoms with Crippen LogP contribution in [0.1, 0.15) is 123 Å². The third-order valence-corrected chi connectivity index (χ3v) is 7.16. The Morgan fingerprint density at radius 3 is 2.09 bits per heavy atom. The van der Waals surface area contributed by atoms with Crippen LogP contribution in [0.5, 0.6) is 0 Å². The molecule has 0 aromatic heterocycles. The lowest BCUT2D eigenvalue weighted by Gasteiger charge is -2.47. The highest BCUT2D eigenvalue weighted by Gasteiger charge is 2.43. The molecule has 2 fully saturated rings. The standard InChI is InChI=1S/C22H42/c1-3-5-6-13-18-22(21-16-10-7-8-11-17-21)19-14-9-12-15-20(22)4-2/h20-21H,3-19H2,1-2H3. The predicted octanol–water partition coefficient (Wildman–Crippen LogP) is 7.90. The summed E-state index contributed by atoms with van der Waals surface area (Å²) in [5.41, 5.74) is 0.739. The van der Waals surface area contributed by atoms with Crippen LogP contribution in [0.4, 0.5) is 0 Å². The van der Waals surface area contributed by atoms with Gasteiger partial charge in [0.15, 0.2) is 0 Å². The van der Waals surface area contributed by atoms with Crippen molar-refractivity contribution in [2.24, 2.45) is 17.3 Å². The molecular weight excluding hydrogens is 264 g/mol. The van der Waals surface area contributed by atoms with Gasteiger partial charge in [0.1, 0.15) is 0 Å². The quantitative estimate of drug-likeness (QED) is 0.331. The largest absolute Gasteiger partial charge is 0.0654 e. The van der Waals surface area contributed by atoms with Gasteiger partial charge in [-0.1, -0.05) is 90.9 Å². The first-order valence-electron chi connectivity index (χ1n) is 10.8. The highest BCUT2D eigenvalue weighted by molar-refractivity contribution is 4.94. The van der Waals surface area contributed by atoms with Crippen molar-refractivity contribution in [3.8, 4) is 0 Å². The van der Waals surface area contributed by atoms with E-state index < -0.39 is 0 Å². The van der Waals surface area contributed by atoms with Crippen molar-refractivity contribution in [2.75, 3.05) is 0 Å². The molecule has 0 nitrogen and oxygen atoms in total. The van der Waals surface area contributed by atoms with Gasteiger partial charge in [-0.25, -0.2) is 0 Å². The Bertz CT molecular complexity index is 274. The van der Waals surface area contributed by atoms with Crippen molar-refractivity contribution in [2.45, 2.75) is 123 Å². The van der Waals surface area contributed by atoms with Gasteiger partial charge in [-0.15, -0.1) is 0 Å². The number of hydrogen-bond donors (Lipinski definition) is 0. The van der Waals surface area contributed by atoms with Crippen LogP contribution in [-0.4, -0.2) is 0 Å². The molecule has 2 rings (SSSR count). The zero-order valence-corrected chi connectivity index (χ0v) is 15.7. The zero-order valence-electron chi connectivity index (χ0n) is 15.7. The molecule has 130 valence electrons. The number of rotatable bonds is 7. The minimum Gasteiger partial charge on any atom is -0.0654 e. The van der Waals surface area contributed by atoms with E-state index in [1.54, 1.807) is 32.1 Å². The molecule has 0 N–H and O–H groups in total. The summed E-state index contributed by atoms with van der Waals surface area (Å²) < 4.78 is 0. The highest BCUT2D eigenvalue weighted by Crippen LogP contribution is 2.54. The van der Waals surface area contributed by atoms with E-state index in [9.17, 15) is 0 Å². The fraction of sp³-hybridized carbons (Fsp3) is 1.00. The van der Waals surface area contributed by atoms with E-state index in [1.807, 2.05) is 0 Å². The Labute approximate surface area is 140 Å². The molecule has 0 aromatic rings. The summed E-state index contributed by atoms with van der Waals surface area (Å²) in [6.45, 7) is 4.84. The second-order valence-corrected chi connectivity index (χ2v) is 8.44. The first kappa shape index (κ1) is 18.3. The molecule has 0 heteroatoms. The van der Waals surface area contributed by atoms with Crippen LogP contribution in [0, 0.1) is 17.3 Å². The molecule has 2 aliphatic carbocycles. The first-order valence-corrected chi connectivity index (χ1v) is 10.8.